The van der Waals surface area contributed by atoms with Crippen molar-refractivity contribution in [2.45, 2.75) is 6.92 Å². The van der Waals surface area contributed by atoms with E-state index in [1.807, 2.05) is 43.3 Å². The van der Waals surface area contributed by atoms with Gasteiger partial charge in [0, 0.05) is 6.20 Å². The van der Waals surface area contributed by atoms with E-state index >= 15 is 0 Å². The van der Waals surface area contributed by atoms with Gasteiger partial charge in [-0.25, -0.2) is 0 Å². The van der Waals surface area contributed by atoms with E-state index in [-0.39, 0.29) is 18.4 Å². The molecule has 1 N–H and O–H groups in total. The standard InChI is InChI=1S/C20H17N3O2S2/c1-14(10-15-6-3-2-4-7-15)11-17-19(25)23(20(26)27-17)13-18(24)22-16-8-5-9-21-12-16/h2-12H,13H2,1H3,(H,22,24). The summed E-state index contributed by atoms with van der Waals surface area (Å²) in [7, 11) is 0. The average Bonchev–Trinajstić information content (AvgIpc) is 2.90. The van der Waals surface area contributed by atoms with Crippen LogP contribution in [0.3, 0.4) is 0 Å². The smallest absolute Gasteiger partial charge is 0.266 e. The Morgan fingerprint density at radius 1 is 1.26 bits per heavy atom. The lowest BCUT2D eigenvalue weighted by Gasteiger charge is -2.14. The molecule has 1 aromatic carbocycles. The van der Waals surface area contributed by atoms with Crippen LogP contribution < -0.4 is 5.32 Å². The molecule has 0 unspecified atom stereocenters. The summed E-state index contributed by atoms with van der Waals surface area (Å²) in [6.45, 7) is 1.80. The van der Waals surface area contributed by atoms with Crippen LogP contribution >= 0.6 is 24.0 Å². The Hall–Kier alpha value is -2.77. The van der Waals surface area contributed by atoms with E-state index in [4.69, 9.17) is 12.2 Å². The number of carbonyl (C=O) groups is 2. The third kappa shape index (κ3) is 5.12. The van der Waals surface area contributed by atoms with Gasteiger partial charge in [-0.3, -0.25) is 19.5 Å². The Balaban J connectivity index is 1.67. The second-order valence-electron chi connectivity index (χ2n) is 5.86. The van der Waals surface area contributed by atoms with Gasteiger partial charge in [0.05, 0.1) is 16.8 Å². The normalized spacial score (nSPS) is 16.1. The second-order valence-corrected chi connectivity index (χ2v) is 7.53. The van der Waals surface area contributed by atoms with Gasteiger partial charge in [-0.05, 0) is 36.3 Å². The first-order valence-electron chi connectivity index (χ1n) is 8.21. The van der Waals surface area contributed by atoms with Crippen molar-refractivity contribution in [3.8, 4) is 0 Å². The molecule has 0 aliphatic carbocycles. The molecule has 2 heterocycles. The average molecular weight is 396 g/mol. The zero-order valence-corrected chi connectivity index (χ0v) is 16.2. The van der Waals surface area contributed by atoms with E-state index < -0.39 is 0 Å². The minimum Gasteiger partial charge on any atom is -0.323 e. The summed E-state index contributed by atoms with van der Waals surface area (Å²) in [5, 5.41) is 2.70. The molecule has 1 fully saturated rings. The van der Waals surface area contributed by atoms with Gasteiger partial charge in [-0.2, -0.15) is 0 Å². The molecule has 0 saturated carbocycles. The molecule has 2 aromatic rings. The highest BCUT2D eigenvalue weighted by atomic mass is 32.2. The van der Waals surface area contributed by atoms with E-state index in [1.54, 1.807) is 30.6 Å². The van der Waals surface area contributed by atoms with Gasteiger partial charge in [-0.1, -0.05) is 60.4 Å². The highest BCUT2D eigenvalue weighted by molar-refractivity contribution is 8.26. The van der Waals surface area contributed by atoms with Crippen molar-refractivity contribution in [1.82, 2.24) is 9.88 Å². The van der Waals surface area contributed by atoms with E-state index in [0.29, 0.717) is 14.9 Å². The van der Waals surface area contributed by atoms with Crippen LogP contribution in [0, 0.1) is 0 Å². The number of hydrogen-bond acceptors (Lipinski definition) is 5. The van der Waals surface area contributed by atoms with Crippen molar-refractivity contribution in [1.29, 1.82) is 0 Å². The molecule has 1 aliphatic rings. The fourth-order valence-electron chi connectivity index (χ4n) is 2.48. The van der Waals surface area contributed by atoms with E-state index in [2.05, 4.69) is 10.3 Å². The number of anilines is 1. The molecular weight excluding hydrogens is 378 g/mol. The second kappa shape index (κ2) is 8.75. The molecule has 0 atom stereocenters. The molecule has 0 radical (unpaired) electrons. The number of hydrogen-bond donors (Lipinski definition) is 1. The van der Waals surface area contributed by atoms with Crippen molar-refractivity contribution in [2.24, 2.45) is 0 Å². The fraction of sp³-hybridized carbons (Fsp3) is 0.100. The van der Waals surface area contributed by atoms with Gasteiger partial charge < -0.3 is 5.32 Å². The molecule has 1 aromatic heterocycles. The summed E-state index contributed by atoms with van der Waals surface area (Å²) in [5.74, 6) is -0.579. The van der Waals surface area contributed by atoms with E-state index in [1.165, 1.54) is 16.7 Å². The van der Waals surface area contributed by atoms with Crippen LogP contribution in [0.25, 0.3) is 6.08 Å². The minimum atomic E-state index is -0.322. The molecule has 1 saturated heterocycles. The Morgan fingerprint density at radius 2 is 2.04 bits per heavy atom. The molecule has 3 rings (SSSR count). The number of allylic oxidation sites excluding steroid dienone is 2. The third-order valence-electron chi connectivity index (χ3n) is 3.67. The van der Waals surface area contributed by atoms with Gasteiger partial charge in [0.1, 0.15) is 10.9 Å². The Labute approximate surface area is 167 Å². The highest BCUT2D eigenvalue weighted by Crippen LogP contribution is 2.32. The molecule has 5 nitrogen and oxygen atoms in total. The van der Waals surface area contributed by atoms with Crippen molar-refractivity contribution >= 4 is 51.9 Å². The zero-order valence-electron chi connectivity index (χ0n) is 14.6. The van der Waals surface area contributed by atoms with Crippen LogP contribution in [-0.2, 0) is 9.59 Å². The van der Waals surface area contributed by atoms with Crippen LogP contribution in [0.5, 0.6) is 0 Å². The lowest BCUT2D eigenvalue weighted by atomic mass is 10.1. The summed E-state index contributed by atoms with van der Waals surface area (Å²) < 4.78 is 0.375. The first-order chi connectivity index (χ1) is 13.0. The van der Waals surface area contributed by atoms with Crippen LogP contribution in [0.15, 0.2) is 71.4 Å². The molecule has 0 bridgehead atoms. The number of thioether (sulfide) groups is 1. The number of nitrogens with one attached hydrogen (secondary N) is 1. The van der Waals surface area contributed by atoms with Crippen LogP contribution in [-0.4, -0.2) is 32.6 Å². The Bertz CT molecular complexity index is 925. The summed E-state index contributed by atoms with van der Waals surface area (Å²) in [6, 6.07) is 13.3. The number of nitrogens with zero attached hydrogens (tertiary/aromatic N) is 2. The third-order valence-corrected chi connectivity index (χ3v) is 5.05. The molecule has 27 heavy (non-hydrogen) atoms. The number of thiocarbonyl (C=S) groups is 1. The molecule has 7 heteroatoms. The monoisotopic (exact) mass is 395 g/mol. The van der Waals surface area contributed by atoms with Crippen molar-refractivity contribution < 1.29 is 9.59 Å². The lowest BCUT2D eigenvalue weighted by molar-refractivity contribution is -0.126. The minimum absolute atomic E-state index is 0.127. The number of carbonyl (C=O) groups excluding carboxylic acids is 2. The van der Waals surface area contributed by atoms with E-state index in [9.17, 15) is 9.59 Å². The maximum atomic E-state index is 12.6. The summed E-state index contributed by atoms with van der Waals surface area (Å²) in [5.41, 5.74) is 2.56. The van der Waals surface area contributed by atoms with Crippen molar-refractivity contribution in [3.05, 3.63) is 77.0 Å². The largest absolute Gasteiger partial charge is 0.323 e. The quantitative estimate of drug-likeness (QED) is 0.615. The topological polar surface area (TPSA) is 62.3 Å². The molecule has 2 amide bonds. The van der Waals surface area contributed by atoms with Gasteiger partial charge in [0.15, 0.2) is 0 Å². The number of aromatic nitrogens is 1. The number of pyridine rings is 1. The maximum absolute atomic E-state index is 12.6. The summed E-state index contributed by atoms with van der Waals surface area (Å²) in [4.78, 5) is 30.6. The SMILES string of the molecule is CC(=Cc1ccccc1)C=C1SC(=S)N(CC(=O)Nc2cccnc2)C1=O. The molecule has 0 spiro atoms. The number of amides is 2. The first kappa shape index (κ1) is 19.0. The predicted octanol–water partition coefficient (Wildman–Crippen LogP) is 3.87. The van der Waals surface area contributed by atoms with Gasteiger partial charge in [0.25, 0.3) is 5.91 Å². The number of rotatable bonds is 5. The molecule has 136 valence electrons. The van der Waals surface area contributed by atoms with Crippen molar-refractivity contribution in [2.75, 3.05) is 11.9 Å². The maximum Gasteiger partial charge on any atom is 0.266 e. The zero-order chi connectivity index (χ0) is 19.2. The fourth-order valence-corrected chi connectivity index (χ4v) is 3.78. The Morgan fingerprint density at radius 3 is 2.74 bits per heavy atom. The molecular formula is C20H17N3O2S2. The van der Waals surface area contributed by atoms with Gasteiger partial charge >= 0.3 is 0 Å². The summed E-state index contributed by atoms with van der Waals surface area (Å²) >= 11 is 6.48. The van der Waals surface area contributed by atoms with Gasteiger partial charge in [-0.15, -0.1) is 0 Å². The van der Waals surface area contributed by atoms with Crippen LogP contribution in [0.1, 0.15) is 12.5 Å². The molecule has 1 aliphatic heterocycles. The van der Waals surface area contributed by atoms with Crippen LogP contribution in [0.2, 0.25) is 0 Å². The van der Waals surface area contributed by atoms with Crippen molar-refractivity contribution in [3.63, 3.8) is 0 Å². The highest BCUT2D eigenvalue weighted by Gasteiger charge is 2.33. The summed E-state index contributed by atoms with van der Waals surface area (Å²) in [6.07, 6.45) is 6.95. The van der Waals surface area contributed by atoms with Gasteiger partial charge in [0.2, 0.25) is 5.91 Å². The number of benzene rings is 1. The first-order valence-corrected chi connectivity index (χ1v) is 9.44. The lowest BCUT2D eigenvalue weighted by Crippen LogP contribution is -2.36. The van der Waals surface area contributed by atoms with E-state index in [0.717, 1.165) is 11.1 Å². The van der Waals surface area contributed by atoms with Crippen LogP contribution in [0.4, 0.5) is 5.69 Å². The Kier molecular flexibility index (Phi) is 6.16. The predicted molar refractivity (Wildman–Crippen MR) is 113 cm³/mol.